The Morgan fingerprint density at radius 1 is 1.08 bits per heavy atom. The molecule has 2 aromatic heterocycles. The Bertz CT molecular complexity index is 918. The molecule has 24 heavy (non-hydrogen) atoms. The molecule has 0 unspecified atom stereocenters. The summed E-state index contributed by atoms with van der Waals surface area (Å²) < 4.78 is 2.32. The van der Waals surface area contributed by atoms with Gasteiger partial charge < -0.3 is 19.8 Å². The van der Waals surface area contributed by atoms with Crippen LogP contribution < -0.4 is 10.7 Å². The molecule has 5 nitrogen and oxygen atoms in total. The highest BCUT2D eigenvalue weighted by Crippen LogP contribution is 2.29. The number of aryl methyl sites for hydroxylation is 2. The van der Waals surface area contributed by atoms with E-state index in [9.17, 15) is 4.79 Å². The number of nitrogens with one attached hydrogen (secondary N) is 2. The third-order valence-corrected chi connectivity index (χ3v) is 5.05. The molecule has 4 rings (SSSR count). The van der Waals surface area contributed by atoms with Crippen LogP contribution in [0.5, 0.6) is 0 Å². The molecular formula is C19H24N4O. The minimum Gasteiger partial charge on any atom is -0.364 e. The maximum absolute atomic E-state index is 11.9. The third-order valence-electron chi connectivity index (χ3n) is 5.05. The Labute approximate surface area is 141 Å². The average Bonchev–Trinajstić information content (AvgIpc) is 2.90. The zero-order valence-electron chi connectivity index (χ0n) is 14.1. The van der Waals surface area contributed by atoms with E-state index in [0.717, 1.165) is 56.9 Å². The van der Waals surface area contributed by atoms with Crippen LogP contribution >= 0.6 is 0 Å². The van der Waals surface area contributed by atoms with Gasteiger partial charge in [-0.05, 0) is 38.1 Å². The van der Waals surface area contributed by atoms with Crippen molar-refractivity contribution in [1.29, 1.82) is 0 Å². The lowest BCUT2D eigenvalue weighted by Gasteiger charge is -2.27. The first kappa shape index (κ1) is 15.4. The van der Waals surface area contributed by atoms with Gasteiger partial charge in [-0.2, -0.15) is 0 Å². The van der Waals surface area contributed by atoms with E-state index < -0.39 is 0 Å². The minimum atomic E-state index is 0.0790. The largest absolute Gasteiger partial charge is 0.364 e. The Balaban J connectivity index is 1.69. The van der Waals surface area contributed by atoms with Gasteiger partial charge in [-0.15, -0.1) is 0 Å². The van der Waals surface area contributed by atoms with Gasteiger partial charge in [-0.3, -0.25) is 4.79 Å². The number of hydrogen-bond acceptors (Lipinski definition) is 3. The molecule has 0 spiro atoms. The molecule has 1 aliphatic rings. The highest BCUT2D eigenvalue weighted by atomic mass is 16.1. The van der Waals surface area contributed by atoms with Crippen molar-refractivity contribution in [3.8, 4) is 0 Å². The Morgan fingerprint density at radius 2 is 1.92 bits per heavy atom. The normalized spacial score (nSPS) is 16.2. The average molecular weight is 324 g/mol. The predicted octanol–water partition coefficient (Wildman–Crippen LogP) is 2.09. The molecule has 0 aliphatic carbocycles. The third kappa shape index (κ3) is 2.74. The standard InChI is InChI=1S/C19H24N4O/c1-14-19-17(5-6-21-14)16-4-3-15(24)13-18(16)23(19)10-2-9-22-11-7-20-8-12-22/h3-6,13,20-21H,2,7-12H2,1H3. The van der Waals surface area contributed by atoms with Crippen molar-refractivity contribution in [2.45, 2.75) is 19.9 Å². The zero-order chi connectivity index (χ0) is 16.5. The highest BCUT2D eigenvalue weighted by Gasteiger charge is 2.14. The molecule has 3 aromatic rings. The van der Waals surface area contributed by atoms with Gasteiger partial charge in [0.25, 0.3) is 0 Å². The van der Waals surface area contributed by atoms with Crippen molar-refractivity contribution in [3.05, 3.63) is 46.4 Å². The summed E-state index contributed by atoms with van der Waals surface area (Å²) in [4.78, 5) is 17.7. The van der Waals surface area contributed by atoms with E-state index in [-0.39, 0.29) is 5.43 Å². The molecule has 1 aliphatic heterocycles. The van der Waals surface area contributed by atoms with Crippen LogP contribution in [0.15, 0.2) is 35.3 Å². The van der Waals surface area contributed by atoms with E-state index in [1.54, 1.807) is 12.1 Å². The molecule has 1 fully saturated rings. The smallest absolute Gasteiger partial charge is 0.180 e. The first-order valence-corrected chi connectivity index (χ1v) is 8.77. The second-order valence-electron chi connectivity index (χ2n) is 6.64. The summed E-state index contributed by atoms with van der Waals surface area (Å²) in [6, 6.07) is 7.52. The van der Waals surface area contributed by atoms with Crippen molar-refractivity contribution in [2.75, 3.05) is 32.7 Å². The van der Waals surface area contributed by atoms with Crippen molar-refractivity contribution >= 4 is 21.8 Å². The summed E-state index contributed by atoms with van der Waals surface area (Å²) >= 11 is 0. The SMILES string of the molecule is Cc1[nH]ccc2c3ccc(=O)cc3n(CCCN3CCNCC3)c12. The number of nitrogens with zero attached hydrogens (tertiary/aromatic N) is 2. The van der Waals surface area contributed by atoms with Crippen LogP contribution in [0, 0.1) is 6.92 Å². The van der Waals surface area contributed by atoms with Gasteiger partial charge in [0.05, 0.1) is 11.0 Å². The second kappa shape index (κ2) is 6.42. The molecule has 1 saturated heterocycles. The summed E-state index contributed by atoms with van der Waals surface area (Å²) in [6.45, 7) is 8.58. The Kier molecular flexibility index (Phi) is 4.12. The molecule has 1 aromatic carbocycles. The highest BCUT2D eigenvalue weighted by molar-refractivity contribution is 6.08. The zero-order valence-corrected chi connectivity index (χ0v) is 14.1. The van der Waals surface area contributed by atoms with Crippen LogP contribution in [0.4, 0.5) is 0 Å². The minimum absolute atomic E-state index is 0.0790. The topological polar surface area (TPSA) is 53.1 Å². The van der Waals surface area contributed by atoms with Crippen LogP contribution in [-0.4, -0.2) is 47.2 Å². The molecular weight excluding hydrogens is 300 g/mol. The molecule has 126 valence electrons. The molecule has 0 amide bonds. The Hall–Kier alpha value is -2.11. The van der Waals surface area contributed by atoms with Crippen molar-refractivity contribution < 1.29 is 0 Å². The van der Waals surface area contributed by atoms with E-state index >= 15 is 0 Å². The summed E-state index contributed by atoms with van der Waals surface area (Å²) in [5.74, 6) is 0. The lowest BCUT2D eigenvalue weighted by Crippen LogP contribution is -2.43. The van der Waals surface area contributed by atoms with Crippen molar-refractivity contribution in [3.63, 3.8) is 0 Å². The molecule has 5 heteroatoms. The lowest BCUT2D eigenvalue weighted by atomic mass is 10.2. The Morgan fingerprint density at radius 3 is 2.75 bits per heavy atom. The van der Waals surface area contributed by atoms with Gasteiger partial charge in [-0.1, -0.05) is 0 Å². The number of fused-ring (bicyclic) bond motifs is 3. The van der Waals surface area contributed by atoms with Crippen LogP contribution in [0.3, 0.4) is 0 Å². The molecule has 0 bridgehead atoms. The van der Waals surface area contributed by atoms with E-state index in [1.165, 1.54) is 16.3 Å². The van der Waals surface area contributed by atoms with Crippen molar-refractivity contribution in [2.24, 2.45) is 0 Å². The van der Waals surface area contributed by atoms with Gasteiger partial charge in [-0.25, -0.2) is 0 Å². The summed E-state index contributed by atoms with van der Waals surface area (Å²) in [5.41, 5.74) is 3.51. The summed E-state index contributed by atoms with van der Waals surface area (Å²) in [5, 5.41) is 5.79. The second-order valence-corrected chi connectivity index (χ2v) is 6.64. The summed E-state index contributed by atoms with van der Waals surface area (Å²) in [6.07, 6.45) is 3.07. The number of piperazine rings is 1. The number of hydrogen-bond donors (Lipinski definition) is 2. The van der Waals surface area contributed by atoms with E-state index in [1.807, 2.05) is 12.3 Å². The van der Waals surface area contributed by atoms with Crippen LogP contribution in [0.2, 0.25) is 0 Å². The van der Waals surface area contributed by atoms with E-state index in [2.05, 4.69) is 32.8 Å². The first-order chi connectivity index (χ1) is 11.7. The van der Waals surface area contributed by atoms with Crippen molar-refractivity contribution in [1.82, 2.24) is 19.8 Å². The number of aromatic amines is 1. The fourth-order valence-electron chi connectivity index (χ4n) is 3.87. The quantitative estimate of drug-likeness (QED) is 0.773. The number of rotatable bonds is 4. The molecule has 0 radical (unpaired) electrons. The number of pyridine rings is 1. The van der Waals surface area contributed by atoms with Gasteiger partial charge in [0.2, 0.25) is 0 Å². The van der Waals surface area contributed by atoms with Crippen LogP contribution in [0.1, 0.15) is 12.1 Å². The predicted molar refractivity (Wildman–Crippen MR) is 98.7 cm³/mol. The van der Waals surface area contributed by atoms with Crippen LogP contribution in [0.25, 0.3) is 21.8 Å². The molecule has 2 N–H and O–H groups in total. The summed E-state index contributed by atoms with van der Waals surface area (Å²) in [7, 11) is 0. The monoisotopic (exact) mass is 324 g/mol. The van der Waals surface area contributed by atoms with E-state index in [0.29, 0.717) is 0 Å². The number of aromatic nitrogens is 2. The number of benzene rings is 1. The lowest BCUT2D eigenvalue weighted by molar-refractivity contribution is 0.235. The maximum atomic E-state index is 11.9. The van der Waals surface area contributed by atoms with Gasteiger partial charge in [0, 0.05) is 61.5 Å². The fraction of sp³-hybridized carbons (Fsp3) is 0.421. The van der Waals surface area contributed by atoms with Gasteiger partial charge >= 0.3 is 0 Å². The van der Waals surface area contributed by atoms with E-state index in [4.69, 9.17) is 0 Å². The van der Waals surface area contributed by atoms with Gasteiger partial charge in [0.15, 0.2) is 5.43 Å². The number of H-pyrrole nitrogens is 1. The molecule has 0 saturated carbocycles. The molecule has 3 heterocycles. The fourth-order valence-corrected chi connectivity index (χ4v) is 3.87. The molecule has 0 atom stereocenters. The van der Waals surface area contributed by atoms with Gasteiger partial charge in [0.1, 0.15) is 0 Å². The van der Waals surface area contributed by atoms with Crippen LogP contribution in [-0.2, 0) is 6.54 Å². The first-order valence-electron chi connectivity index (χ1n) is 8.77. The maximum Gasteiger partial charge on any atom is 0.180 e.